The van der Waals surface area contributed by atoms with Crippen LogP contribution < -0.4 is 4.74 Å². The number of hydrogen-bond donors (Lipinski definition) is 0. The van der Waals surface area contributed by atoms with Crippen LogP contribution in [0.1, 0.15) is 51.6 Å². The van der Waals surface area contributed by atoms with Gasteiger partial charge in [-0.15, -0.1) is 0 Å². The van der Waals surface area contributed by atoms with Crippen LogP contribution in [0.3, 0.4) is 0 Å². The van der Waals surface area contributed by atoms with E-state index in [4.69, 9.17) is 9.26 Å². The third kappa shape index (κ3) is 3.72. The van der Waals surface area contributed by atoms with Gasteiger partial charge in [0.25, 0.3) is 11.6 Å². The number of aromatic nitrogens is 2. The van der Waals surface area contributed by atoms with Crippen LogP contribution in [0.4, 0.5) is 0 Å². The summed E-state index contributed by atoms with van der Waals surface area (Å²) >= 11 is 0. The van der Waals surface area contributed by atoms with Gasteiger partial charge in [0, 0.05) is 18.7 Å². The quantitative estimate of drug-likeness (QED) is 0.643. The van der Waals surface area contributed by atoms with Gasteiger partial charge >= 0.3 is 0 Å². The number of ether oxygens (including phenoxy) is 1. The Morgan fingerprint density at radius 1 is 1.18 bits per heavy atom. The van der Waals surface area contributed by atoms with Crippen LogP contribution in [-0.4, -0.2) is 41.1 Å². The number of likely N-dealkylation sites (N-methyl/N-ethyl adjacent to an activating group) is 1. The number of pyridine rings is 1. The van der Waals surface area contributed by atoms with E-state index in [0.29, 0.717) is 41.4 Å². The van der Waals surface area contributed by atoms with E-state index in [1.54, 1.807) is 11.9 Å². The lowest BCUT2D eigenvalue weighted by atomic mass is 10.1. The Hall–Kier alpha value is -2.89. The van der Waals surface area contributed by atoms with Crippen LogP contribution in [-0.2, 0) is 0 Å². The summed E-state index contributed by atoms with van der Waals surface area (Å²) in [5, 5.41) is 4.71. The molecule has 4 rings (SSSR count). The Morgan fingerprint density at radius 3 is 2.57 bits per heavy atom. The molecule has 2 aromatic heterocycles. The van der Waals surface area contributed by atoms with Gasteiger partial charge in [-0.25, -0.2) is 4.98 Å². The number of hydrogen-bond acceptors (Lipinski definition) is 5. The summed E-state index contributed by atoms with van der Waals surface area (Å²) in [4.78, 5) is 19.4. The highest BCUT2D eigenvalue weighted by molar-refractivity contribution is 6.06. The smallest absolute Gasteiger partial charge is 0.259 e. The van der Waals surface area contributed by atoms with Gasteiger partial charge in [-0.05, 0) is 62.9 Å². The average molecular weight is 379 g/mol. The third-order valence-electron chi connectivity index (χ3n) is 5.10. The highest BCUT2D eigenvalue weighted by Gasteiger charge is 2.29. The molecule has 0 spiro atoms. The molecule has 2 heterocycles. The predicted octanol–water partition coefficient (Wildman–Crippen LogP) is 4.18. The molecule has 0 aliphatic heterocycles. The minimum atomic E-state index is -0.0652. The summed E-state index contributed by atoms with van der Waals surface area (Å²) in [5.41, 5.74) is 4.99. The monoisotopic (exact) mass is 379 g/mol. The lowest BCUT2D eigenvalue weighted by Crippen LogP contribution is -2.31. The van der Waals surface area contributed by atoms with Crippen molar-refractivity contribution in [1.29, 1.82) is 0 Å². The summed E-state index contributed by atoms with van der Waals surface area (Å²) in [6, 6.07) is 8.02. The molecule has 6 heteroatoms. The topological polar surface area (TPSA) is 68.5 Å². The summed E-state index contributed by atoms with van der Waals surface area (Å²) in [5.74, 6) is 1.19. The maximum absolute atomic E-state index is 13.1. The van der Waals surface area contributed by atoms with Gasteiger partial charge in [0.2, 0.25) is 0 Å². The second-order valence-corrected chi connectivity index (χ2v) is 7.72. The molecule has 1 fully saturated rings. The van der Waals surface area contributed by atoms with Crippen molar-refractivity contribution < 1.29 is 14.1 Å². The normalized spacial score (nSPS) is 13.7. The molecule has 0 N–H and O–H groups in total. The number of carbonyl (C=O) groups is 1. The number of fused-ring (bicyclic) bond motifs is 1. The molecule has 28 heavy (non-hydrogen) atoms. The van der Waals surface area contributed by atoms with Crippen molar-refractivity contribution in [3.8, 4) is 5.75 Å². The SMILES string of the molecule is Cc1cc(C)cc(OCCN(C)C(=O)c2cc(C3CC3)nc3onc(C)c23)c1. The lowest BCUT2D eigenvalue weighted by molar-refractivity contribution is 0.0775. The van der Waals surface area contributed by atoms with Crippen molar-refractivity contribution in [3.63, 3.8) is 0 Å². The second kappa shape index (κ2) is 7.26. The van der Waals surface area contributed by atoms with Crippen molar-refractivity contribution in [3.05, 3.63) is 52.3 Å². The fourth-order valence-corrected chi connectivity index (χ4v) is 3.49. The van der Waals surface area contributed by atoms with Gasteiger partial charge in [-0.2, -0.15) is 0 Å². The Balaban J connectivity index is 1.49. The van der Waals surface area contributed by atoms with E-state index in [0.717, 1.165) is 35.4 Å². The molecule has 0 radical (unpaired) electrons. The first kappa shape index (κ1) is 18.5. The Bertz CT molecular complexity index is 1020. The fraction of sp³-hybridized carbons (Fsp3) is 0.409. The summed E-state index contributed by atoms with van der Waals surface area (Å²) in [6.07, 6.45) is 2.22. The number of aryl methyl sites for hydroxylation is 3. The minimum Gasteiger partial charge on any atom is -0.492 e. The lowest BCUT2D eigenvalue weighted by Gasteiger charge is -2.18. The van der Waals surface area contributed by atoms with Crippen LogP contribution in [0.5, 0.6) is 5.75 Å². The van der Waals surface area contributed by atoms with E-state index in [1.807, 2.05) is 39.0 Å². The largest absolute Gasteiger partial charge is 0.492 e. The van der Waals surface area contributed by atoms with E-state index in [-0.39, 0.29) is 5.91 Å². The van der Waals surface area contributed by atoms with Crippen LogP contribution in [0.25, 0.3) is 11.1 Å². The highest BCUT2D eigenvalue weighted by Crippen LogP contribution is 2.40. The fourth-order valence-electron chi connectivity index (χ4n) is 3.49. The molecule has 1 aliphatic carbocycles. The Morgan fingerprint density at radius 2 is 1.89 bits per heavy atom. The van der Waals surface area contributed by atoms with E-state index in [2.05, 4.69) is 16.2 Å². The van der Waals surface area contributed by atoms with Gasteiger partial charge < -0.3 is 14.2 Å². The molecule has 1 amide bonds. The highest BCUT2D eigenvalue weighted by atomic mass is 16.5. The molecule has 0 saturated heterocycles. The predicted molar refractivity (Wildman–Crippen MR) is 107 cm³/mol. The molecule has 0 atom stereocenters. The Kier molecular flexibility index (Phi) is 4.79. The van der Waals surface area contributed by atoms with Gasteiger partial charge in [0.15, 0.2) is 0 Å². The van der Waals surface area contributed by atoms with Gasteiger partial charge in [0.1, 0.15) is 12.4 Å². The van der Waals surface area contributed by atoms with Crippen LogP contribution in [0, 0.1) is 20.8 Å². The van der Waals surface area contributed by atoms with Crippen molar-refractivity contribution in [2.75, 3.05) is 20.2 Å². The molecular weight excluding hydrogens is 354 g/mol. The van der Waals surface area contributed by atoms with Crippen LogP contribution in [0.15, 0.2) is 28.8 Å². The zero-order chi connectivity index (χ0) is 19.8. The number of rotatable bonds is 6. The maximum atomic E-state index is 13.1. The van der Waals surface area contributed by atoms with Crippen molar-refractivity contribution in [1.82, 2.24) is 15.0 Å². The molecule has 0 bridgehead atoms. The van der Waals surface area contributed by atoms with E-state index >= 15 is 0 Å². The van der Waals surface area contributed by atoms with E-state index in [1.165, 1.54) is 0 Å². The van der Waals surface area contributed by atoms with Crippen molar-refractivity contribution >= 4 is 17.0 Å². The van der Waals surface area contributed by atoms with Crippen molar-refractivity contribution in [2.24, 2.45) is 0 Å². The van der Waals surface area contributed by atoms with Gasteiger partial charge in [-0.3, -0.25) is 4.79 Å². The Labute approximate surface area is 164 Å². The van der Waals surface area contributed by atoms with Crippen LogP contribution in [0.2, 0.25) is 0 Å². The maximum Gasteiger partial charge on any atom is 0.259 e. The second-order valence-electron chi connectivity index (χ2n) is 7.72. The number of amides is 1. The number of carbonyl (C=O) groups excluding carboxylic acids is 1. The van der Waals surface area contributed by atoms with Gasteiger partial charge in [0.05, 0.1) is 23.2 Å². The molecule has 1 saturated carbocycles. The molecule has 146 valence electrons. The van der Waals surface area contributed by atoms with Gasteiger partial charge in [-0.1, -0.05) is 11.2 Å². The number of nitrogens with zero attached hydrogens (tertiary/aromatic N) is 3. The zero-order valence-corrected chi connectivity index (χ0v) is 16.8. The summed E-state index contributed by atoms with van der Waals surface area (Å²) in [7, 11) is 1.79. The molecule has 3 aromatic rings. The standard InChI is InChI=1S/C22H25N3O3/c1-13-9-14(2)11-17(10-13)27-8-7-25(4)22(26)18-12-19(16-5-6-16)23-21-20(18)15(3)24-28-21/h9-12,16H,5-8H2,1-4H3. The first-order valence-electron chi connectivity index (χ1n) is 9.66. The average Bonchev–Trinajstić information content (AvgIpc) is 3.43. The summed E-state index contributed by atoms with van der Waals surface area (Å²) < 4.78 is 11.2. The molecular formula is C22H25N3O3. The molecule has 0 unspecified atom stereocenters. The van der Waals surface area contributed by atoms with E-state index < -0.39 is 0 Å². The molecule has 1 aromatic carbocycles. The van der Waals surface area contributed by atoms with Crippen molar-refractivity contribution in [2.45, 2.75) is 39.5 Å². The summed E-state index contributed by atoms with van der Waals surface area (Å²) in [6.45, 7) is 6.84. The first-order valence-corrected chi connectivity index (χ1v) is 9.66. The molecule has 1 aliphatic rings. The zero-order valence-electron chi connectivity index (χ0n) is 16.8. The van der Waals surface area contributed by atoms with Crippen LogP contribution >= 0.6 is 0 Å². The molecule has 6 nitrogen and oxygen atoms in total. The number of benzene rings is 1. The minimum absolute atomic E-state index is 0.0652. The third-order valence-corrected chi connectivity index (χ3v) is 5.10. The first-order chi connectivity index (χ1) is 13.4. The van der Waals surface area contributed by atoms with E-state index in [9.17, 15) is 4.79 Å².